The number of nitrogens with one attached hydrogen (secondary N) is 1. The molecule has 4 heterocycles. The molecule has 46 heavy (non-hydrogen) atoms. The molecule has 1 fully saturated rings. The van der Waals surface area contributed by atoms with E-state index in [4.69, 9.17) is 10.5 Å². The fraction of sp³-hybridized carbons (Fsp3) is 0.161. The smallest absolute Gasteiger partial charge is 0.356 e. The number of amides is 2. The zero-order chi connectivity index (χ0) is 32.2. The van der Waals surface area contributed by atoms with Crippen molar-refractivity contribution >= 4 is 69.6 Å². The maximum absolute atomic E-state index is 14.1. The molecule has 1 saturated heterocycles. The van der Waals surface area contributed by atoms with Gasteiger partial charge >= 0.3 is 5.97 Å². The van der Waals surface area contributed by atoms with E-state index in [1.807, 2.05) is 85.4 Å². The van der Waals surface area contributed by atoms with E-state index in [2.05, 4.69) is 20.6 Å². The third-order valence-corrected chi connectivity index (χ3v) is 10.1. The molecule has 0 saturated carbocycles. The molecule has 2 aromatic carbocycles. The Bertz CT molecular complexity index is 1820. The summed E-state index contributed by atoms with van der Waals surface area (Å²) in [5.74, 6) is -1.60. The summed E-state index contributed by atoms with van der Waals surface area (Å²) in [5, 5.41) is 22.3. The molecule has 6 rings (SSSR count). The number of oxime groups is 1. The minimum absolute atomic E-state index is 0.0820. The second-order valence-corrected chi connectivity index (χ2v) is 13.1. The van der Waals surface area contributed by atoms with E-state index in [0.717, 1.165) is 28.0 Å². The Balaban J connectivity index is 1.28. The normalized spacial score (nSPS) is 18.1. The molecule has 0 radical (unpaired) electrons. The van der Waals surface area contributed by atoms with Crippen LogP contribution in [0.4, 0.5) is 5.13 Å². The molecule has 2 atom stereocenters. The van der Waals surface area contributed by atoms with E-state index in [0.29, 0.717) is 10.7 Å². The molecule has 0 unspecified atom stereocenters. The Kier molecular flexibility index (Phi) is 9.23. The lowest BCUT2D eigenvalue weighted by Crippen LogP contribution is -2.71. The van der Waals surface area contributed by atoms with Crippen LogP contribution in [0.1, 0.15) is 28.5 Å². The van der Waals surface area contributed by atoms with Gasteiger partial charge in [-0.1, -0.05) is 77.6 Å². The first-order valence-electron chi connectivity index (χ1n) is 13.9. The number of thioether (sulfide) groups is 2. The van der Waals surface area contributed by atoms with E-state index in [1.54, 1.807) is 10.9 Å². The van der Waals surface area contributed by atoms with Gasteiger partial charge in [-0.15, -0.1) is 23.1 Å². The minimum Gasteiger partial charge on any atom is -0.448 e. The summed E-state index contributed by atoms with van der Waals surface area (Å²) >= 11 is 3.78. The lowest BCUT2D eigenvalue weighted by Gasteiger charge is -2.49. The Hall–Kier alpha value is -4.86. The van der Waals surface area contributed by atoms with Crippen molar-refractivity contribution in [1.29, 1.82) is 0 Å². The van der Waals surface area contributed by atoms with E-state index >= 15 is 0 Å². The van der Waals surface area contributed by atoms with E-state index in [-0.39, 0.29) is 22.2 Å². The Morgan fingerprint density at radius 3 is 2.46 bits per heavy atom. The highest BCUT2D eigenvalue weighted by atomic mass is 32.2. The van der Waals surface area contributed by atoms with Crippen LogP contribution in [0.3, 0.4) is 0 Å². The summed E-state index contributed by atoms with van der Waals surface area (Å²) in [6.45, 7) is 0. The van der Waals surface area contributed by atoms with Crippen LogP contribution in [0.5, 0.6) is 0 Å². The van der Waals surface area contributed by atoms with Crippen molar-refractivity contribution in [2.24, 2.45) is 12.2 Å². The molecule has 2 aliphatic heterocycles. The van der Waals surface area contributed by atoms with Gasteiger partial charge in [-0.25, -0.2) is 9.78 Å². The van der Waals surface area contributed by atoms with Crippen LogP contribution in [0, 0.1) is 0 Å². The summed E-state index contributed by atoms with van der Waals surface area (Å²) in [7, 11) is 1.82. The Morgan fingerprint density at radius 2 is 1.87 bits per heavy atom. The molecule has 0 aliphatic carbocycles. The number of esters is 1. The van der Waals surface area contributed by atoms with Crippen LogP contribution >= 0.6 is 34.9 Å². The van der Waals surface area contributed by atoms with Gasteiger partial charge in [0.25, 0.3) is 11.8 Å². The largest absolute Gasteiger partial charge is 0.448 e. The molecular formula is C31H27N7O5S3. The molecule has 2 aliphatic rings. The summed E-state index contributed by atoms with van der Waals surface area (Å²) in [6, 6.07) is 17.8. The third kappa shape index (κ3) is 6.42. The summed E-state index contributed by atoms with van der Waals surface area (Å²) in [5.41, 5.74) is 7.91. The number of aryl methyl sites for hydroxylation is 1. The van der Waals surface area contributed by atoms with Crippen LogP contribution in [0.15, 0.2) is 99.6 Å². The monoisotopic (exact) mass is 673 g/mol. The number of fused-ring (bicyclic) bond motifs is 1. The molecule has 15 heteroatoms. The molecule has 4 aromatic rings. The standard InChI is InChI=1S/C31H27N7O5S3/c1-37-15-18(14-33-37)12-13-44-22-17-45-29-24(35-27(39)23(36-42)21-16-46-31(32)34-21)28(40)38(29)25(22)30(41)43-26(19-8-4-2-5-9-19)20-10-6-3-7-11-20/h2-16,24,26,29,42H,17H2,1H3,(H2,32,34)(H,35,39)/b13-12-,36-23-/t24-,29-/m1/s1. The van der Waals surface area contributed by atoms with Gasteiger partial charge in [-0.05, 0) is 22.6 Å². The number of thiazole rings is 1. The van der Waals surface area contributed by atoms with Gasteiger partial charge in [0.05, 0.1) is 6.20 Å². The molecule has 2 amide bonds. The van der Waals surface area contributed by atoms with Gasteiger partial charge in [0.2, 0.25) is 0 Å². The predicted octanol–water partition coefficient (Wildman–Crippen LogP) is 3.99. The van der Waals surface area contributed by atoms with Crippen molar-refractivity contribution in [2.45, 2.75) is 17.5 Å². The number of hydrogen-bond donors (Lipinski definition) is 3. The molecule has 0 bridgehead atoms. The number of hydrogen-bond acceptors (Lipinski definition) is 12. The number of carbonyl (C=O) groups is 3. The van der Waals surface area contributed by atoms with Crippen molar-refractivity contribution in [3.8, 4) is 0 Å². The SMILES string of the molecule is Cn1cc(/C=C\SC2=C(C(=O)OC(c3ccccc3)c3ccccc3)N3C(=O)[C@@H](NC(=O)/C(=N\O)c4csc(N)n4)[C@H]3SC2)cn1. The van der Waals surface area contributed by atoms with Gasteiger partial charge in [0, 0.05) is 34.8 Å². The van der Waals surface area contributed by atoms with Crippen molar-refractivity contribution < 1.29 is 24.3 Å². The highest BCUT2D eigenvalue weighted by Gasteiger charge is 2.55. The maximum atomic E-state index is 14.1. The van der Waals surface area contributed by atoms with Gasteiger partial charge in [-0.3, -0.25) is 19.2 Å². The van der Waals surface area contributed by atoms with Crippen molar-refractivity contribution in [3.63, 3.8) is 0 Å². The highest BCUT2D eigenvalue weighted by Crippen LogP contribution is 2.45. The van der Waals surface area contributed by atoms with Gasteiger partial charge < -0.3 is 21.0 Å². The van der Waals surface area contributed by atoms with Crippen LogP contribution in [-0.2, 0) is 26.2 Å². The van der Waals surface area contributed by atoms with Crippen molar-refractivity contribution in [1.82, 2.24) is 25.0 Å². The quantitative estimate of drug-likeness (QED) is 0.0737. The van der Waals surface area contributed by atoms with Crippen LogP contribution in [-0.4, -0.2) is 65.5 Å². The van der Waals surface area contributed by atoms with Crippen LogP contribution in [0.2, 0.25) is 0 Å². The van der Waals surface area contributed by atoms with Crippen LogP contribution in [0.25, 0.3) is 6.08 Å². The maximum Gasteiger partial charge on any atom is 0.356 e. The van der Waals surface area contributed by atoms with Gasteiger partial charge in [0.1, 0.15) is 22.8 Å². The lowest BCUT2D eigenvalue weighted by molar-refractivity contribution is -0.154. The number of anilines is 1. The molecule has 2 aromatic heterocycles. The number of β-lactam (4-membered cyclic amide) rings is 1. The molecule has 234 valence electrons. The van der Waals surface area contributed by atoms with E-state index in [9.17, 15) is 19.6 Å². The van der Waals surface area contributed by atoms with Crippen LogP contribution < -0.4 is 11.1 Å². The van der Waals surface area contributed by atoms with E-state index in [1.165, 1.54) is 33.8 Å². The summed E-state index contributed by atoms with van der Waals surface area (Å²) < 4.78 is 7.87. The highest BCUT2D eigenvalue weighted by molar-refractivity contribution is 8.08. The molecule has 4 N–H and O–H groups in total. The zero-order valence-corrected chi connectivity index (χ0v) is 26.7. The van der Waals surface area contributed by atoms with Crippen molar-refractivity contribution in [2.75, 3.05) is 11.5 Å². The molecule has 12 nitrogen and oxygen atoms in total. The number of nitrogens with two attached hydrogens (primary N) is 1. The molecular weight excluding hydrogens is 647 g/mol. The average molecular weight is 674 g/mol. The summed E-state index contributed by atoms with van der Waals surface area (Å²) in [4.78, 5) is 46.8. The van der Waals surface area contributed by atoms with Crippen molar-refractivity contribution in [3.05, 3.63) is 117 Å². The number of nitrogens with zero attached hydrogens (tertiary/aromatic N) is 5. The Morgan fingerprint density at radius 1 is 1.17 bits per heavy atom. The minimum atomic E-state index is -0.982. The topological polar surface area (TPSA) is 165 Å². The fourth-order valence-corrected chi connectivity index (χ4v) is 7.86. The second kappa shape index (κ2) is 13.6. The number of ether oxygens (including phenoxy) is 1. The third-order valence-electron chi connectivity index (χ3n) is 7.12. The zero-order valence-electron chi connectivity index (χ0n) is 24.2. The first kappa shape index (κ1) is 31.1. The number of nitrogen functional groups attached to an aromatic ring is 1. The van der Waals surface area contributed by atoms with Gasteiger partial charge in [0.15, 0.2) is 16.9 Å². The lowest BCUT2D eigenvalue weighted by atomic mass is 10.0. The number of aromatic nitrogens is 3. The average Bonchev–Trinajstić information content (AvgIpc) is 3.70. The fourth-order valence-electron chi connectivity index (χ4n) is 4.96. The Labute approximate surface area is 276 Å². The number of carbonyl (C=O) groups excluding carboxylic acids is 3. The molecule has 0 spiro atoms. The number of benzene rings is 2. The summed E-state index contributed by atoms with van der Waals surface area (Å²) in [6.07, 6.45) is 4.70. The first-order chi connectivity index (χ1) is 22.3. The van der Waals surface area contributed by atoms with Gasteiger partial charge in [-0.2, -0.15) is 5.10 Å². The van der Waals surface area contributed by atoms with E-state index < -0.39 is 35.3 Å². The number of rotatable bonds is 10. The second-order valence-electron chi connectivity index (χ2n) is 10.1. The first-order valence-corrected chi connectivity index (χ1v) is 16.7. The predicted molar refractivity (Wildman–Crippen MR) is 178 cm³/mol.